The Hall–Kier alpha value is -1.60. The molecule has 17 heavy (non-hydrogen) atoms. The molecule has 0 aliphatic rings. The highest BCUT2D eigenvalue weighted by atomic mass is 32.1. The van der Waals surface area contributed by atoms with Gasteiger partial charge >= 0.3 is 5.97 Å². The molecule has 0 radical (unpaired) electrons. The number of aliphatic carboxylic acids is 1. The quantitative estimate of drug-likeness (QED) is 0.596. The van der Waals surface area contributed by atoms with Gasteiger partial charge in [-0.2, -0.15) is 0 Å². The third-order valence-electron chi connectivity index (χ3n) is 2.20. The number of aromatic nitrogens is 1. The second-order valence-corrected chi connectivity index (χ2v) is 4.48. The summed E-state index contributed by atoms with van der Waals surface area (Å²) < 4.78 is 0. The number of carbonyl (C=O) groups is 1. The summed E-state index contributed by atoms with van der Waals surface area (Å²) >= 11 is 1.46. The number of hydrogen-bond acceptors (Lipinski definition) is 3. The first-order chi connectivity index (χ1) is 8.22. The van der Waals surface area contributed by atoms with Gasteiger partial charge in [-0.15, -0.1) is 17.8 Å². The molecule has 4 heteroatoms. The van der Waals surface area contributed by atoms with E-state index in [1.807, 2.05) is 11.5 Å². The molecule has 0 saturated heterocycles. The number of nitrogens with zero attached hydrogens (tertiary/aromatic N) is 1. The molecule has 3 nitrogen and oxygen atoms in total. The number of terminal acetylenes is 1. The molecule has 1 aromatic rings. The zero-order valence-electron chi connectivity index (χ0n) is 9.56. The van der Waals surface area contributed by atoms with Gasteiger partial charge in [-0.3, -0.25) is 4.79 Å². The van der Waals surface area contributed by atoms with Crippen molar-refractivity contribution < 1.29 is 9.90 Å². The number of carboxylic acid groups (broad SMARTS) is 1. The first-order valence-corrected chi connectivity index (χ1v) is 6.41. The summed E-state index contributed by atoms with van der Waals surface area (Å²) in [7, 11) is 0. The maximum atomic E-state index is 10.3. The number of carboxylic acids is 1. The zero-order chi connectivity index (χ0) is 12.5. The molecule has 0 fully saturated rings. The van der Waals surface area contributed by atoms with Crippen LogP contribution in [0.2, 0.25) is 0 Å². The van der Waals surface area contributed by atoms with Crippen molar-refractivity contribution in [2.75, 3.05) is 0 Å². The van der Waals surface area contributed by atoms with Crippen molar-refractivity contribution in [2.45, 2.75) is 32.1 Å². The number of allylic oxidation sites excluding steroid dienone is 1. The summed E-state index contributed by atoms with van der Waals surface area (Å²) in [5.74, 6) is 1.78. The van der Waals surface area contributed by atoms with Gasteiger partial charge in [0.1, 0.15) is 0 Å². The standard InChI is InChI=1S/C13H15NO2S/c1-2-12-14-11(10-17-12)8-6-4-3-5-7-9-13(15)16/h1,6,8,10H,3-5,7,9H2,(H,15,16). The molecule has 0 aliphatic heterocycles. The Kier molecular flexibility index (Phi) is 6.05. The fourth-order valence-corrected chi connectivity index (χ4v) is 1.94. The first kappa shape index (κ1) is 13.5. The van der Waals surface area contributed by atoms with Crippen LogP contribution in [0.4, 0.5) is 0 Å². The van der Waals surface area contributed by atoms with Crippen LogP contribution in [0.25, 0.3) is 6.08 Å². The van der Waals surface area contributed by atoms with E-state index in [1.165, 1.54) is 11.3 Å². The van der Waals surface area contributed by atoms with Crippen LogP contribution in [-0.2, 0) is 4.79 Å². The van der Waals surface area contributed by atoms with E-state index in [1.54, 1.807) is 0 Å². The van der Waals surface area contributed by atoms with Crippen LogP contribution in [0, 0.1) is 12.3 Å². The van der Waals surface area contributed by atoms with Gasteiger partial charge in [0.15, 0.2) is 5.01 Å². The molecule has 1 aromatic heterocycles. The Morgan fingerprint density at radius 1 is 1.53 bits per heavy atom. The summed E-state index contributed by atoms with van der Waals surface area (Å²) in [6.07, 6.45) is 13.1. The number of hydrogen-bond donors (Lipinski definition) is 1. The van der Waals surface area contributed by atoms with Crippen molar-refractivity contribution in [3.8, 4) is 12.3 Å². The Labute approximate surface area is 105 Å². The van der Waals surface area contributed by atoms with Crippen LogP contribution >= 0.6 is 11.3 Å². The molecule has 1 rings (SSSR count). The maximum absolute atomic E-state index is 10.3. The molecule has 1 N–H and O–H groups in total. The van der Waals surface area contributed by atoms with Crippen molar-refractivity contribution in [1.82, 2.24) is 4.98 Å². The lowest BCUT2D eigenvalue weighted by molar-refractivity contribution is -0.137. The monoisotopic (exact) mass is 249 g/mol. The van der Waals surface area contributed by atoms with E-state index in [4.69, 9.17) is 11.5 Å². The Bertz CT molecular complexity index is 429. The second kappa shape index (κ2) is 7.64. The summed E-state index contributed by atoms with van der Waals surface area (Å²) in [5.41, 5.74) is 0.897. The minimum Gasteiger partial charge on any atom is -0.481 e. The second-order valence-electron chi connectivity index (χ2n) is 3.62. The van der Waals surface area contributed by atoms with Crippen molar-refractivity contribution in [1.29, 1.82) is 0 Å². The number of unbranched alkanes of at least 4 members (excludes halogenated alkanes) is 3. The van der Waals surface area contributed by atoms with E-state index in [2.05, 4.69) is 17.0 Å². The van der Waals surface area contributed by atoms with Crippen LogP contribution in [0.1, 0.15) is 42.8 Å². The molecular weight excluding hydrogens is 234 g/mol. The normalized spacial score (nSPS) is 10.5. The summed E-state index contributed by atoms with van der Waals surface area (Å²) in [6, 6.07) is 0. The van der Waals surface area contributed by atoms with E-state index >= 15 is 0 Å². The predicted molar refractivity (Wildman–Crippen MR) is 69.8 cm³/mol. The minimum atomic E-state index is -0.718. The average molecular weight is 249 g/mol. The molecule has 0 aromatic carbocycles. The van der Waals surface area contributed by atoms with E-state index in [0.717, 1.165) is 31.4 Å². The number of rotatable bonds is 7. The smallest absolute Gasteiger partial charge is 0.303 e. The average Bonchev–Trinajstić information content (AvgIpc) is 2.75. The highest BCUT2D eigenvalue weighted by molar-refractivity contribution is 7.10. The Morgan fingerprint density at radius 2 is 2.35 bits per heavy atom. The SMILES string of the molecule is C#Cc1nc(C=CCCCCCC(=O)O)cs1. The molecule has 0 aliphatic carbocycles. The summed E-state index contributed by atoms with van der Waals surface area (Å²) in [4.78, 5) is 14.5. The first-order valence-electron chi connectivity index (χ1n) is 5.53. The number of thiazole rings is 1. The molecule has 1 heterocycles. The van der Waals surface area contributed by atoms with Crippen LogP contribution in [0.3, 0.4) is 0 Å². The Morgan fingerprint density at radius 3 is 3.00 bits per heavy atom. The van der Waals surface area contributed by atoms with Gasteiger partial charge in [0, 0.05) is 11.8 Å². The molecule has 0 unspecified atom stereocenters. The lowest BCUT2D eigenvalue weighted by Crippen LogP contribution is -1.93. The lowest BCUT2D eigenvalue weighted by Gasteiger charge is -1.94. The van der Waals surface area contributed by atoms with Gasteiger partial charge in [0.05, 0.1) is 5.69 Å². The zero-order valence-corrected chi connectivity index (χ0v) is 10.4. The molecule has 0 spiro atoms. The Balaban J connectivity index is 2.14. The van der Waals surface area contributed by atoms with Crippen LogP contribution in [0.15, 0.2) is 11.5 Å². The molecular formula is C13H15NO2S. The molecule has 0 bridgehead atoms. The molecule has 0 amide bonds. The summed E-state index contributed by atoms with van der Waals surface area (Å²) in [5, 5.41) is 11.1. The highest BCUT2D eigenvalue weighted by Crippen LogP contribution is 2.11. The van der Waals surface area contributed by atoms with Crippen LogP contribution in [0.5, 0.6) is 0 Å². The fourth-order valence-electron chi connectivity index (χ4n) is 1.35. The van der Waals surface area contributed by atoms with Crippen molar-refractivity contribution >= 4 is 23.4 Å². The van der Waals surface area contributed by atoms with Crippen molar-refractivity contribution in [3.63, 3.8) is 0 Å². The van der Waals surface area contributed by atoms with E-state index < -0.39 is 5.97 Å². The largest absolute Gasteiger partial charge is 0.481 e. The molecule has 0 atom stereocenters. The fraction of sp³-hybridized carbons (Fsp3) is 0.385. The van der Waals surface area contributed by atoms with Gasteiger partial charge in [-0.05, 0) is 31.3 Å². The van der Waals surface area contributed by atoms with E-state index in [-0.39, 0.29) is 6.42 Å². The predicted octanol–water partition coefficient (Wildman–Crippen LogP) is 3.17. The summed E-state index contributed by atoms with van der Waals surface area (Å²) in [6.45, 7) is 0. The maximum Gasteiger partial charge on any atom is 0.303 e. The topological polar surface area (TPSA) is 50.2 Å². The van der Waals surface area contributed by atoms with Crippen molar-refractivity contribution in [2.24, 2.45) is 0 Å². The van der Waals surface area contributed by atoms with Crippen LogP contribution < -0.4 is 0 Å². The molecule has 0 saturated carbocycles. The van der Waals surface area contributed by atoms with Gasteiger partial charge < -0.3 is 5.11 Å². The highest BCUT2D eigenvalue weighted by Gasteiger charge is 1.96. The van der Waals surface area contributed by atoms with E-state index in [9.17, 15) is 4.79 Å². The van der Waals surface area contributed by atoms with E-state index in [0.29, 0.717) is 5.01 Å². The molecule has 90 valence electrons. The third-order valence-corrected chi connectivity index (χ3v) is 2.99. The van der Waals surface area contributed by atoms with Gasteiger partial charge in [-0.1, -0.05) is 12.5 Å². The third kappa shape index (κ3) is 5.88. The lowest BCUT2D eigenvalue weighted by atomic mass is 10.1. The van der Waals surface area contributed by atoms with Gasteiger partial charge in [0.25, 0.3) is 0 Å². The minimum absolute atomic E-state index is 0.265. The van der Waals surface area contributed by atoms with Gasteiger partial charge in [-0.25, -0.2) is 4.98 Å². The van der Waals surface area contributed by atoms with Crippen LogP contribution in [-0.4, -0.2) is 16.1 Å². The van der Waals surface area contributed by atoms with Crippen molar-refractivity contribution in [3.05, 3.63) is 22.2 Å². The van der Waals surface area contributed by atoms with Gasteiger partial charge in [0.2, 0.25) is 0 Å².